The van der Waals surface area contributed by atoms with E-state index in [-0.39, 0.29) is 12.0 Å². The third kappa shape index (κ3) is 4.00. The van der Waals surface area contributed by atoms with Crippen LogP contribution in [0.2, 0.25) is 0 Å². The van der Waals surface area contributed by atoms with Crippen LogP contribution >= 0.6 is 0 Å². The number of pyridine rings is 1. The maximum atomic E-state index is 13.4. The van der Waals surface area contributed by atoms with Crippen LogP contribution in [0.1, 0.15) is 49.2 Å². The van der Waals surface area contributed by atoms with Crippen molar-refractivity contribution >= 4 is 22.6 Å². The predicted octanol–water partition coefficient (Wildman–Crippen LogP) is 1.73. The van der Waals surface area contributed by atoms with Gasteiger partial charge in [-0.2, -0.15) is 0 Å². The standard InChI is InChI=1S/C21H29N3O3/c1-5-27-21(26)19-17(13-24-11-7-6-8-14(24)2)20(25)16-12-15(23(3)4)9-10-18(16)22-19/h9-10,12,14H,5-8,11,13H2,1-4H3,(H,22,25)/p+1/t14-/m0/s1. The molecule has 0 saturated carbocycles. The molecule has 2 heterocycles. The number of ether oxygens (including phenoxy) is 1. The van der Waals surface area contributed by atoms with Crippen LogP contribution in [0.5, 0.6) is 0 Å². The second-order valence-corrected chi connectivity index (χ2v) is 7.63. The molecule has 0 aliphatic carbocycles. The minimum atomic E-state index is -0.452. The molecule has 6 heteroatoms. The van der Waals surface area contributed by atoms with E-state index in [1.54, 1.807) is 6.92 Å². The highest BCUT2D eigenvalue weighted by molar-refractivity contribution is 5.93. The Morgan fingerprint density at radius 3 is 2.78 bits per heavy atom. The van der Waals surface area contributed by atoms with E-state index in [2.05, 4.69) is 11.9 Å². The third-order valence-corrected chi connectivity index (χ3v) is 5.57. The van der Waals surface area contributed by atoms with Gasteiger partial charge in [-0.15, -0.1) is 0 Å². The van der Waals surface area contributed by atoms with E-state index in [9.17, 15) is 9.59 Å². The summed E-state index contributed by atoms with van der Waals surface area (Å²) in [6.45, 7) is 5.85. The SMILES string of the molecule is CCOC(=O)c1[nH]c2ccc(N(C)C)cc2c(=O)c1C[NH+]1CCCC[C@@H]1C. The van der Waals surface area contributed by atoms with E-state index in [0.29, 0.717) is 34.7 Å². The van der Waals surface area contributed by atoms with Gasteiger partial charge in [0.1, 0.15) is 12.2 Å². The Bertz CT molecular complexity index is 888. The summed E-state index contributed by atoms with van der Waals surface area (Å²) in [6, 6.07) is 6.17. The Balaban J connectivity index is 2.13. The molecule has 2 atom stereocenters. The number of nitrogens with one attached hydrogen (secondary N) is 2. The molecule has 1 unspecified atom stereocenters. The largest absolute Gasteiger partial charge is 0.461 e. The highest BCUT2D eigenvalue weighted by Gasteiger charge is 2.27. The molecule has 1 saturated heterocycles. The molecule has 1 aromatic carbocycles. The van der Waals surface area contributed by atoms with Gasteiger partial charge in [0.15, 0.2) is 5.43 Å². The van der Waals surface area contributed by atoms with Crippen molar-refractivity contribution in [1.82, 2.24) is 4.98 Å². The first-order valence-corrected chi connectivity index (χ1v) is 9.80. The van der Waals surface area contributed by atoms with Crippen molar-refractivity contribution in [1.29, 1.82) is 0 Å². The van der Waals surface area contributed by atoms with Gasteiger partial charge in [0.05, 0.1) is 30.3 Å². The van der Waals surface area contributed by atoms with Crippen LogP contribution in [-0.4, -0.2) is 44.2 Å². The Morgan fingerprint density at radius 1 is 1.33 bits per heavy atom. The molecule has 0 radical (unpaired) electrons. The van der Waals surface area contributed by atoms with Crippen LogP contribution in [0.15, 0.2) is 23.0 Å². The molecule has 1 aliphatic heterocycles. The van der Waals surface area contributed by atoms with Crippen molar-refractivity contribution in [3.05, 3.63) is 39.7 Å². The molecule has 6 nitrogen and oxygen atoms in total. The van der Waals surface area contributed by atoms with Crippen LogP contribution in [0.25, 0.3) is 10.9 Å². The Kier molecular flexibility index (Phi) is 5.85. The zero-order chi connectivity index (χ0) is 19.6. The van der Waals surface area contributed by atoms with Gasteiger partial charge in [-0.25, -0.2) is 4.79 Å². The second-order valence-electron chi connectivity index (χ2n) is 7.63. The summed E-state index contributed by atoms with van der Waals surface area (Å²) < 4.78 is 5.22. The van der Waals surface area contributed by atoms with E-state index < -0.39 is 5.97 Å². The third-order valence-electron chi connectivity index (χ3n) is 5.57. The number of hydrogen-bond donors (Lipinski definition) is 2. The Morgan fingerprint density at radius 2 is 2.11 bits per heavy atom. The number of aromatic amines is 1. The smallest absolute Gasteiger partial charge is 0.355 e. The average molecular weight is 372 g/mol. The van der Waals surface area contributed by atoms with Gasteiger partial charge in [0.2, 0.25) is 0 Å². The first-order valence-electron chi connectivity index (χ1n) is 9.80. The second kappa shape index (κ2) is 8.13. The summed E-state index contributed by atoms with van der Waals surface area (Å²) in [6.07, 6.45) is 3.54. The van der Waals surface area contributed by atoms with E-state index in [1.165, 1.54) is 11.3 Å². The molecule has 2 N–H and O–H groups in total. The lowest BCUT2D eigenvalue weighted by atomic mass is 10.0. The number of quaternary nitrogens is 1. The number of nitrogens with zero attached hydrogens (tertiary/aromatic N) is 1. The molecule has 146 valence electrons. The highest BCUT2D eigenvalue weighted by atomic mass is 16.5. The van der Waals surface area contributed by atoms with Gasteiger partial charge in [0, 0.05) is 25.2 Å². The number of H-pyrrole nitrogens is 1. The van der Waals surface area contributed by atoms with Crippen molar-refractivity contribution in [2.24, 2.45) is 0 Å². The van der Waals surface area contributed by atoms with Gasteiger partial charge < -0.3 is 19.5 Å². The number of likely N-dealkylation sites (tertiary alicyclic amines) is 1. The molecule has 1 aromatic heterocycles. The van der Waals surface area contributed by atoms with Crippen molar-refractivity contribution in [2.45, 2.75) is 45.7 Å². The number of aromatic nitrogens is 1. The number of carbonyl (C=O) groups is 1. The topological polar surface area (TPSA) is 66.8 Å². The lowest BCUT2D eigenvalue weighted by Gasteiger charge is -2.30. The lowest BCUT2D eigenvalue weighted by molar-refractivity contribution is -0.942. The minimum Gasteiger partial charge on any atom is -0.461 e. The first kappa shape index (κ1) is 19.4. The molecule has 1 aliphatic rings. The number of rotatable bonds is 5. The van der Waals surface area contributed by atoms with Crippen LogP contribution < -0.4 is 15.2 Å². The van der Waals surface area contributed by atoms with Crippen molar-refractivity contribution in [3.63, 3.8) is 0 Å². The number of carbonyl (C=O) groups excluding carboxylic acids is 1. The van der Waals surface area contributed by atoms with Gasteiger partial charge >= 0.3 is 5.97 Å². The minimum absolute atomic E-state index is 0.0687. The number of benzene rings is 1. The summed E-state index contributed by atoms with van der Waals surface area (Å²) in [5, 5.41) is 0.619. The maximum Gasteiger partial charge on any atom is 0.355 e. The molecular formula is C21H30N3O3+. The molecule has 1 fully saturated rings. The van der Waals surface area contributed by atoms with Gasteiger partial charge in [-0.1, -0.05) is 0 Å². The van der Waals surface area contributed by atoms with Gasteiger partial charge in [-0.05, 0) is 51.3 Å². The first-order chi connectivity index (χ1) is 12.9. The van der Waals surface area contributed by atoms with Gasteiger partial charge in [-0.3, -0.25) is 4.79 Å². The molecule has 27 heavy (non-hydrogen) atoms. The van der Waals surface area contributed by atoms with E-state index >= 15 is 0 Å². The van der Waals surface area contributed by atoms with E-state index in [0.717, 1.165) is 25.1 Å². The summed E-state index contributed by atoms with van der Waals surface area (Å²) in [7, 11) is 3.89. The van der Waals surface area contributed by atoms with E-state index in [1.807, 2.05) is 37.2 Å². The number of esters is 1. The monoisotopic (exact) mass is 372 g/mol. The highest BCUT2D eigenvalue weighted by Crippen LogP contribution is 2.19. The van der Waals surface area contributed by atoms with Crippen molar-refractivity contribution in [3.8, 4) is 0 Å². The fourth-order valence-corrected chi connectivity index (χ4v) is 3.88. The van der Waals surface area contributed by atoms with E-state index in [4.69, 9.17) is 4.74 Å². The van der Waals surface area contributed by atoms with Crippen LogP contribution in [0.3, 0.4) is 0 Å². The predicted molar refractivity (Wildman–Crippen MR) is 108 cm³/mol. The number of hydrogen-bond acceptors (Lipinski definition) is 4. The average Bonchev–Trinajstić information content (AvgIpc) is 2.65. The number of fused-ring (bicyclic) bond motifs is 1. The van der Waals surface area contributed by atoms with Gasteiger partial charge in [0.25, 0.3) is 0 Å². The Hall–Kier alpha value is -2.34. The van der Waals surface area contributed by atoms with Crippen molar-refractivity contribution in [2.75, 3.05) is 32.1 Å². The lowest BCUT2D eigenvalue weighted by Crippen LogP contribution is -3.15. The van der Waals surface area contributed by atoms with Crippen LogP contribution in [-0.2, 0) is 11.3 Å². The number of piperidine rings is 1. The Labute approximate surface area is 160 Å². The quantitative estimate of drug-likeness (QED) is 0.785. The normalized spacial score (nSPS) is 19.9. The fourth-order valence-electron chi connectivity index (χ4n) is 3.88. The molecule has 0 bridgehead atoms. The summed E-state index contributed by atoms with van der Waals surface area (Å²) >= 11 is 0. The molecular weight excluding hydrogens is 342 g/mol. The molecule has 0 amide bonds. The van der Waals surface area contributed by atoms with Crippen molar-refractivity contribution < 1.29 is 14.4 Å². The zero-order valence-electron chi connectivity index (χ0n) is 16.7. The molecule has 3 rings (SSSR count). The fraction of sp³-hybridized carbons (Fsp3) is 0.524. The summed E-state index contributed by atoms with van der Waals surface area (Å²) in [5.41, 5.74) is 2.40. The molecule has 2 aromatic rings. The number of anilines is 1. The maximum absolute atomic E-state index is 13.4. The summed E-state index contributed by atoms with van der Waals surface area (Å²) in [5.74, 6) is -0.452. The zero-order valence-corrected chi connectivity index (χ0v) is 16.7. The van der Waals surface area contributed by atoms with Crippen LogP contribution in [0.4, 0.5) is 5.69 Å². The summed E-state index contributed by atoms with van der Waals surface area (Å²) in [4.78, 5) is 32.4. The molecule has 0 spiro atoms. The van der Waals surface area contributed by atoms with Crippen LogP contribution in [0, 0.1) is 0 Å².